The molecule has 5 nitrogen and oxygen atoms in total. The van der Waals surface area contributed by atoms with Gasteiger partial charge in [0.25, 0.3) is 0 Å². The second-order valence-electron chi connectivity index (χ2n) is 6.21. The van der Waals surface area contributed by atoms with E-state index in [1.165, 1.54) is 12.1 Å². The molecule has 0 bridgehead atoms. The topological polar surface area (TPSA) is 61.9 Å². The number of aromatic amines is 1. The molecule has 0 spiro atoms. The molecule has 0 saturated heterocycles. The highest BCUT2D eigenvalue weighted by Crippen LogP contribution is 2.29. The van der Waals surface area contributed by atoms with Crippen molar-refractivity contribution in [3.8, 4) is 0 Å². The Morgan fingerprint density at radius 2 is 1.86 bits per heavy atom. The first-order valence-electron chi connectivity index (χ1n) is 8.43. The van der Waals surface area contributed by atoms with Gasteiger partial charge >= 0.3 is 0 Å². The molecular formula is C20H12BrClF2N4O. The molecular weight excluding hydrogens is 466 g/mol. The normalized spacial score (nSPS) is 11.0. The number of hydrogen-bond acceptors (Lipinski definition) is 4. The lowest BCUT2D eigenvalue weighted by Gasteiger charge is -2.23. The third-order valence-corrected chi connectivity index (χ3v) is 4.94. The van der Waals surface area contributed by atoms with Crippen molar-refractivity contribution >= 4 is 50.1 Å². The predicted molar refractivity (Wildman–Crippen MR) is 112 cm³/mol. The molecule has 1 N–H and O–H groups in total. The maximum absolute atomic E-state index is 14.2. The average Bonchev–Trinajstić information content (AvgIpc) is 2.70. The van der Waals surface area contributed by atoms with Crippen molar-refractivity contribution in [2.24, 2.45) is 0 Å². The van der Waals surface area contributed by atoms with E-state index in [4.69, 9.17) is 11.6 Å². The van der Waals surface area contributed by atoms with Crippen LogP contribution in [0.3, 0.4) is 0 Å². The van der Waals surface area contributed by atoms with E-state index in [9.17, 15) is 13.6 Å². The molecule has 29 heavy (non-hydrogen) atoms. The van der Waals surface area contributed by atoms with Gasteiger partial charge in [-0.1, -0.05) is 17.7 Å². The van der Waals surface area contributed by atoms with Crippen LogP contribution >= 0.6 is 27.5 Å². The molecule has 0 aliphatic rings. The van der Waals surface area contributed by atoms with Gasteiger partial charge in [-0.25, -0.2) is 18.7 Å². The van der Waals surface area contributed by atoms with Gasteiger partial charge < -0.3 is 9.88 Å². The number of fused-ring (bicyclic) bond motifs is 1. The number of rotatable bonds is 4. The molecule has 0 aliphatic carbocycles. The molecule has 4 rings (SSSR count). The fourth-order valence-electron chi connectivity index (χ4n) is 3.00. The van der Waals surface area contributed by atoms with Gasteiger partial charge in [0.2, 0.25) is 11.5 Å². The van der Waals surface area contributed by atoms with Crippen LogP contribution in [-0.2, 0) is 6.54 Å². The molecule has 0 aliphatic heterocycles. The number of nitrogens with one attached hydrogen (secondary N) is 1. The van der Waals surface area contributed by atoms with Crippen molar-refractivity contribution in [1.82, 2.24) is 15.0 Å². The van der Waals surface area contributed by atoms with Crippen molar-refractivity contribution in [3.63, 3.8) is 0 Å². The van der Waals surface area contributed by atoms with Crippen LogP contribution in [0.15, 0.2) is 64.1 Å². The molecule has 0 radical (unpaired) electrons. The molecule has 2 aromatic carbocycles. The minimum absolute atomic E-state index is 0.132. The second-order valence-corrected chi connectivity index (χ2v) is 7.56. The van der Waals surface area contributed by atoms with E-state index < -0.39 is 17.2 Å². The van der Waals surface area contributed by atoms with Crippen LogP contribution < -0.4 is 10.5 Å². The minimum atomic E-state index is -1.10. The Balaban J connectivity index is 1.88. The highest BCUT2D eigenvalue weighted by Gasteiger charge is 2.18. The van der Waals surface area contributed by atoms with E-state index in [0.717, 1.165) is 6.07 Å². The Morgan fingerprint density at radius 1 is 1.10 bits per heavy atom. The van der Waals surface area contributed by atoms with Crippen LogP contribution in [-0.4, -0.2) is 15.0 Å². The molecule has 2 aromatic heterocycles. The molecule has 146 valence electrons. The first kappa shape index (κ1) is 19.5. The Morgan fingerprint density at radius 3 is 2.59 bits per heavy atom. The van der Waals surface area contributed by atoms with Crippen LogP contribution in [0.1, 0.15) is 5.56 Å². The van der Waals surface area contributed by atoms with Crippen molar-refractivity contribution in [2.45, 2.75) is 6.54 Å². The molecule has 0 fully saturated rings. The highest BCUT2D eigenvalue weighted by atomic mass is 79.9. The van der Waals surface area contributed by atoms with Crippen LogP contribution in [0.4, 0.5) is 20.4 Å². The first-order chi connectivity index (χ1) is 13.9. The van der Waals surface area contributed by atoms with Crippen LogP contribution in [0.25, 0.3) is 10.9 Å². The number of pyridine rings is 1. The molecule has 9 heteroatoms. The number of benzene rings is 2. The molecule has 0 amide bonds. The average molecular weight is 478 g/mol. The number of halogens is 4. The lowest BCUT2D eigenvalue weighted by Crippen LogP contribution is -2.21. The van der Waals surface area contributed by atoms with E-state index in [-0.39, 0.29) is 12.1 Å². The fraction of sp³-hybridized carbons (Fsp3) is 0.0500. The van der Waals surface area contributed by atoms with Crippen LogP contribution in [0.2, 0.25) is 5.02 Å². The van der Waals surface area contributed by atoms with Gasteiger partial charge in [-0.15, -0.1) is 0 Å². The minimum Gasteiger partial charge on any atom is -0.319 e. The Labute approximate surface area is 177 Å². The summed E-state index contributed by atoms with van der Waals surface area (Å²) < 4.78 is 28.6. The summed E-state index contributed by atoms with van der Waals surface area (Å²) in [6, 6.07) is 10.8. The third-order valence-electron chi connectivity index (χ3n) is 4.29. The lowest BCUT2D eigenvalue weighted by atomic mass is 10.1. The standard InChI is InChI=1S/C20H12BrClF2N4O/c21-12-8-25-20(26-9-12)28(14-3-1-2-13(22)7-14)10-11-6-17(29)27-19-15(11)4-5-16(23)18(19)24/h1-9H,10H2,(H,27,29). The molecule has 0 unspecified atom stereocenters. The number of anilines is 2. The Kier molecular flexibility index (Phi) is 5.29. The highest BCUT2D eigenvalue weighted by molar-refractivity contribution is 9.10. The zero-order valence-corrected chi connectivity index (χ0v) is 17.0. The molecule has 4 aromatic rings. The fourth-order valence-corrected chi connectivity index (χ4v) is 3.39. The molecule has 0 saturated carbocycles. The lowest BCUT2D eigenvalue weighted by molar-refractivity contribution is 0.515. The van der Waals surface area contributed by atoms with E-state index in [1.54, 1.807) is 35.5 Å². The van der Waals surface area contributed by atoms with Gasteiger partial charge in [-0.05, 0) is 51.8 Å². The summed E-state index contributed by atoms with van der Waals surface area (Å²) in [5, 5.41) is 0.890. The largest absolute Gasteiger partial charge is 0.319 e. The van der Waals surface area contributed by atoms with E-state index >= 15 is 0 Å². The van der Waals surface area contributed by atoms with Gasteiger partial charge in [0.05, 0.1) is 16.5 Å². The zero-order chi connectivity index (χ0) is 20.5. The molecule has 0 atom stereocenters. The van der Waals surface area contributed by atoms with Gasteiger partial charge in [-0.2, -0.15) is 0 Å². The Hall–Kier alpha value is -2.84. The summed E-state index contributed by atoms with van der Waals surface area (Å²) in [5.74, 6) is -1.78. The summed E-state index contributed by atoms with van der Waals surface area (Å²) in [5.41, 5.74) is 0.431. The van der Waals surface area contributed by atoms with E-state index in [2.05, 4.69) is 30.9 Å². The van der Waals surface area contributed by atoms with Crippen molar-refractivity contribution < 1.29 is 8.78 Å². The quantitative estimate of drug-likeness (QED) is 0.430. The zero-order valence-electron chi connectivity index (χ0n) is 14.7. The van der Waals surface area contributed by atoms with Gasteiger partial charge in [0.15, 0.2) is 11.6 Å². The second kappa shape index (κ2) is 7.88. The number of hydrogen-bond donors (Lipinski definition) is 1. The predicted octanol–water partition coefficient (Wildman–Crippen LogP) is 5.35. The van der Waals surface area contributed by atoms with Crippen molar-refractivity contribution in [2.75, 3.05) is 4.90 Å². The summed E-state index contributed by atoms with van der Waals surface area (Å²) in [7, 11) is 0. The summed E-state index contributed by atoms with van der Waals surface area (Å²) >= 11 is 9.44. The van der Waals surface area contributed by atoms with Gasteiger partial charge in [0, 0.05) is 34.6 Å². The number of aromatic nitrogens is 3. The summed E-state index contributed by atoms with van der Waals surface area (Å²) in [6.45, 7) is 0.132. The van der Waals surface area contributed by atoms with Crippen molar-refractivity contribution in [3.05, 3.63) is 91.9 Å². The van der Waals surface area contributed by atoms with Crippen LogP contribution in [0, 0.1) is 11.6 Å². The maximum atomic E-state index is 14.2. The SMILES string of the molecule is O=c1cc(CN(c2cccc(Cl)c2)c2ncc(Br)cn2)c2ccc(F)c(F)c2[nH]1. The van der Waals surface area contributed by atoms with Gasteiger partial charge in [0.1, 0.15) is 0 Å². The summed E-state index contributed by atoms with van der Waals surface area (Å²) in [6.07, 6.45) is 3.18. The van der Waals surface area contributed by atoms with E-state index in [1.807, 2.05) is 6.07 Å². The number of nitrogens with zero attached hydrogens (tertiary/aromatic N) is 3. The van der Waals surface area contributed by atoms with Crippen LogP contribution in [0.5, 0.6) is 0 Å². The van der Waals surface area contributed by atoms with Gasteiger partial charge in [-0.3, -0.25) is 4.79 Å². The third kappa shape index (κ3) is 3.99. The maximum Gasteiger partial charge on any atom is 0.248 e. The summed E-state index contributed by atoms with van der Waals surface area (Å²) in [4.78, 5) is 24.8. The smallest absolute Gasteiger partial charge is 0.248 e. The first-order valence-corrected chi connectivity index (χ1v) is 9.60. The monoisotopic (exact) mass is 476 g/mol. The van der Waals surface area contributed by atoms with E-state index in [0.29, 0.717) is 32.1 Å². The van der Waals surface area contributed by atoms with Crippen molar-refractivity contribution in [1.29, 1.82) is 0 Å². The Bertz CT molecular complexity index is 1260. The number of H-pyrrole nitrogens is 1. The molecule has 2 heterocycles.